The molecule has 1 aromatic heterocycles. The highest BCUT2D eigenvalue weighted by Gasteiger charge is 2.36. The van der Waals surface area contributed by atoms with E-state index in [0.29, 0.717) is 6.04 Å². The molecule has 1 saturated heterocycles. The fourth-order valence-electron chi connectivity index (χ4n) is 2.77. The van der Waals surface area contributed by atoms with Gasteiger partial charge in [-0.3, -0.25) is 0 Å². The predicted molar refractivity (Wildman–Crippen MR) is 62.4 cm³/mol. The molecule has 15 heavy (non-hydrogen) atoms. The molecule has 0 aliphatic carbocycles. The van der Waals surface area contributed by atoms with Crippen LogP contribution in [-0.4, -0.2) is 24.1 Å². The van der Waals surface area contributed by atoms with Gasteiger partial charge >= 0.3 is 0 Å². The Bertz CT molecular complexity index is 388. The highest BCUT2D eigenvalue weighted by Crippen LogP contribution is 2.37. The van der Waals surface area contributed by atoms with Gasteiger partial charge in [0.1, 0.15) is 0 Å². The summed E-state index contributed by atoms with van der Waals surface area (Å²) in [4.78, 5) is 7.00. The van der Waals surface area contributed by atoms with Crippen LogP contribution in [0.2, 0.25) is 0 Å². The summed E-state index contributed by atoms with van der Waals surface area (Å²) in [6.45, 7) is 6.72. The minimum Gasteiger partial charge on any atom is -0.380 e. The Morgan fingerprint density at radius 1 is 1.53 bits per heavy atom. The number of rotatable bonds is 0. The molecule has 1 aromatic rings. The summed E-state index contributed by atoms with van der Waals surface area (Å²) in [7, 11) is 0. The standard InChI is InChI=1S/C12H17N3/c1-8-4-6-15-10(8)7-14-11-9(2)3-5-13-12(11)15/h3,5,8,10,14H,4,6-7H2,1-2H3. The second-order valence-corrected chi connectivity index (χ2v) is 4.73. The van der Waals surface area contributed by atoms with E-state index >= 15 is 0 Å². The highest BCUT2D eigenvalue weighted by atomic mass is 15.3. The fraction of sp³-hybridized carbons (Fsp3) is 0.583. The molecule has 0 saturated carbocycles. The number of aryl methyl sites for hydroxylation is 1. The Labute approximate surface area is 90.5 Å². The quantitative estimate of drug-likeness (QED) is 0.699. The summed E-state index contributed by atoms with van der Waals surface area (Å²) in [5.74, 6) is 1.95. The lowest BCUT2D eigenvalue weighted by Crippen LogP contribution is -2.42. The minimum atomic E-state index is 0.645. The second kappa shape index (κ2) is 3.12. The van der Waals surface area contributed by atoms with Crippen LogP contribution < -0.4 is 10.2 Å². The molecule has 1 N–H and O–H groups in total. The van der Waals surface area contributed by atoms with Gasteiger partial charge in [-0.1, -0.05) is 6.92 Å². The zero-order valence-electron chi connectivity index (χ0n) is 9.33. The van der Waals surface area contributed by atoms with Gasteiger partial charge in [-0.25, -0.2) is 4.98 Å². The predicted octanol–water partition coefficient (Wildman–Crippen LogP) is 2.03. The maximum absolute atomic E-state index is 4.52. The summed E-state index contributed by atoms with van der Waals surface area (Å²) >= 11 is 0. The van der Waals surface area contributed by atoms with Gasteiger partial charge in [0.15, 0.2) is 5.82 Å². The van der Waals surface area contributed by atoms with Crippen LogP contribution in [0.3, 0.4) is 0 Å². The third-order valence-electron chi connectivity index (χ3n) is 3.78. The van der Waals surface area contributed by atoms with E-state index in [-0.39, 0.29) is 0 Å². The van der Waals surface area contributed by atoms with Crippen molar-refractivity contribution >= 4 is 11.5 Å². The smallest absolute Gasteiger partial charge is 0.152 e. The number of aromatic nitrogens is 1. The van der Waals surface area contributed by atoms with Crippen molar-refractivity contribution in [2.75, 3.05) is 23.3 Å². The van der Waals surface area contributed by atoms with E-state index in [0.717, 1.165) is 24.8 Å². The van der Waals surface area contributed by atoms with Crippen molar-refractivity contribution in [1.82, 2.24) is 4.98 Å². The molecule has 80 valence electrons. The Kier molecular flexibility index (Phi) is 1.87. The van der Waals surface area contributed by atoms with Crippen LogP contribution >= 0.6 is 0 Å². The average Bonchev–Trinajstić information content (AvgIpc) is 2.61. The third kappa shape index (κ3) is 1.22. The normalized spacial score (nSPS) is 28.3. The Morgan fingerprint density at radius 3 is 3.27 bits per heavy atom. The molecule has 3 nitrogen and oxygen atoms in total. The van der Waals surface area contributed by atoms with Crippen LogP contribution in [0, 0.1) is 12.8 Å². The summed E-state index contributed by atoms with van der Waals surface area (Å²) in [6, 6.07) is 2.72. The second-order valence-electron chi connectivity index (χ2n) is 4.73. The number of hydrogen-bond donors (Lipinski definition) is 1. The first-order valence-electron chi connectivity index (χ1n) is 5.73. The van der Waals surface area contributed by atoms with Crippen molar-refractivity contribution < 1.29 is 0 Å². The van der Waals surface area contributed by atoms with Crippen molar-refractivity contribution in [3.63, 3.8) is 0 Å². The monoisotopic (exact) mass is 203 g/mol. The first kappa shape index (κ1) is 9.01. The topological polar surface area (TPSA) is 28.2 Å². The molecule has 3 heterocycles. The van der Waals surface area contributed by atoms with E-state index in [1.807, 2.05) is 6.20 Å². The van der Waals surface area contributed by atoms with Crippen LogP contribution in [0.5, 0.6) is 0 Å². The van der Waals surface area contributed by atoms with Crippen LogP contribution in [0.15, 0.2) is 12.3 Å². The molecule has 0 radical (unpaired) electrons. The van der Waals surface area contributed by atoms with E-state index in [1.54, 1.807) is 0 Å². The molecule has 0 amide bonds. The van der Waals surface area contributed by atoms with Crippen molar-refractivity contribution in [2.45, 2.75) is 26.3 Å². The van der Waals surface area contributed by atoms with Gasteiger partial charge in [0.25, 0.3) is 0 Å². The molecule has 0 aromatic carbocycles. The molecule has 0 bridgehead atoms. The lowest BCUT2D eigenvalue weighted by molar-refractivity contribution is 0.521. The van der Waals surface area contributed by atoms with E-state index < -0.39 is 0 Å². The summed E-state index contributed by atoms with van der Waals surface area (Å²) in [5.41, 5.74) is 2.54. The van der Waals surface area contributed by atoms with Crippen molar-refractivity contribution in [1.29, 1.82) is 0 Å². The molecule has 2 unspecified atom stereocenters. The lowest BCUT2D eigenvalue weighted by Gasteiger charge is -2.35. The van der Waals surface area contributed by atoms with Gasteiger partial charge in [-0.15, -0.1) is 0 Å². The zero-order valence-corrected chi connectivity index (χ0v) is 9.33. The molecule has 0 spiro atoms. The number of fused-ring (bicyclic) bond motifs is 3. The molecular weight excluding hydrogens is 186 g/mol. The van der Waals surface area contributed by atoms with Gasteiger partial charge in [0.05, 0.1) is 11.7 Å². The Morgan fingerprint density at radius 2 is 2.40 bits per heavy atom. The minimum absolute atomic E-state index is 0.645. The van der Waals surface area contributed by atoms with Crippen molar-refractivity contribution in [2.24, 2.45) is 5.92 Å². The lowest BCUT2D eigenvalue weighted by atomic mass is 10.0. The molecule has 2 aliphatic heterocycles. The molecule has 1 fully saturated rings. The molecule has 2 atom stereocenters. The Balaban J connectivity index is 2.06. The van der Waals surface area contributed by atoms with E-state index in [1.165, 1.54) is 17.7 Å². The zero-order chi connectivity index (χ0) is 10.4. The average molecular weight is 203 g/mol. The molecule has 3 heteroatoms. The molecular formula is C12H17N3. The number of pyridine rings is 1. The first-order valence-corrected chi connectivity index (χ1v) is 5.73. The van der Waals surface area contributed by atoms with Gasteiger partial charge < -0.3 is 10.2 Å². The van der Waals surface area contributed by atoms with E-state index in [4.69, 9.17) is 0 Å². The maximum atomic E-state index is 4.52. The van der Waals surface area contributed by atoms with Crippen LogP contribution in [-0.2, 0) is 0 Å². The first-order chi connectivity index (χ1) is 7.27. The van der Waals surface area contributed by atoms with Crippen LogP contribution in [0.25, 0.3) is 0 Å². The van der Waals surface area contributed by atoms with Crippen molar-refractivity contribution in [3.8, 4) is 0 Å². The summed E-state index contributed by atoms with van der Waals surface area (Å²) in [6.07, 6.45) is 3.21. The van der Waals surface area contributed by atoms with Gasteiger partial charge in [-0.05, 0) is 30.9 Å². The van der Waals surface area contributed by atoms with E-state index in [2.05, 4.69) is 35.1 Å². The van der Waals surface area contributed by atoms with Crippen LogP contribution in [0.1, 0.15) is 18.9 Å². The number of nitrogens with one attached hydrogen (secondary N) is 1. The summed E-state index contributed by atoms with van der Waals surface area (Å²) < 4.78 is 0. The molecule has 2 aliphatic rings. The maximum Gasteiger partial charge on any atom is 0.152 e. The third-order valence-corrected chi connectivity index (χ3v) is 3.78. The fourth-order valence-corrected chi connectivity index (χ4v) is 2.77. The SMILES string of the molecule is Cc1ccnc2c1NCC1C(C)CCN21. The number of hydrogen-bond acceptors (Lipinski definition) is 3. The Hall–Kier alpha value is -1.25. The van der Waals surface area contributed by atoms with Gasteiger partial charge in [0, 0.05) is 19.3 Å². The largest absolute Gasteiger partial charge is 0.380 e. The van der Waals surface area contributed by atoms with Crippen LogP contribution in [0.4, 0.5) is 11.5 Å². The number of anilines is 2. The van der Waals surface area contributed by atoms with E-state index in [9.17, 15) is 0 Å². The van der Waals surface area contributed by atoms with Gasteiger partial charge in [-0.2, -0.15) is 0 Å². The summed E-state index contributed by atoms with van der Waals surface area (Å²) in [5, 5.41) is 3.53. The molecule has 3 rings (SSSR count). The highest BCUT2D eigenvalue weighted by molar-refractivity contribution is 5.72. The number of nitrogens with zero attached hydrogens (tertiary/aromatic N) is 2. The van der Waals surface area contributed by atoms with Gasteiger partial charge in [0.2, 0.25) is 0 Å². The van der Waals surface area contributed by atoms with Crippen molar-refractivity contribution in [3.05, 3.63) is 17.8 Å².